The Kier molecular flexibility index (Phi) is 5.37. The monoisotopic (exact) mass is 300 g/mol. The van der Waals surface area contributed by atoms with Crippen molar-refractivity contribution in [2.45, 2.75) is 6.54 Å². The lowest BCUT2D eigenvalue weighted by molar-refractivity contribution is -0.105. The fourth-order valence-electron chi connectivity index (χ4n) is 1.78. The van der Waals surface area contributed by atoms with Crippen LogP contribution in [0.5, 0.6) is 11.5 Å². The van der Waals surface area contributed by atoms with Gasteiger partial charge in [0.15, 0.2) is 0 Å². The first-order valence-corrected chi connectivity index (χ1v) is 6.60. The topological polar surface area (TPSA) is 76.7 Å². The molecule has 0 aliphatic carbocycles. The number of anilines is 1. The van der Waals surface area contributed by atoms with E-state index in [1.165, 1.54) is 0 Å². The standard InChI is InChI=1S/C16H16N2O4/c1-21-14-7-5-12(6-8-14)10-17-16(20)22-15-4-2-3-13(9-15)18-11-19/h2-9,11H,10H2,1H3,(H,17,20)(H,18,19). The Labute approximate surface area is 128 Å². The molecule has 0 heterocycles. The predicted octanol–water partition coefficient (Wildman–Crippen LogP) is 2.55. The van der Waals surface area contributed by atoms with E-state index >= 15 is 0 Å². The number of rotatable bonds is 6. The zero-order valence-corrected chi connectivity index (χ0v) is 12.0. The highest BCUT2D eigenvalue weighted by Crippen LogP contribution is 2.17. The van der Waals surface area contributed by atoms with Crippen molar-refractivity contribution in [2.75, 3.05) is 12.4 Å². The minimum absolute atomic E-state index is 0.342. The summed E-state index contributed by atoms with van der Waals surface area (Å²) in [6.45, 7) is 0.342. The number of hydrogen-bond acceptors (Lipinski definition) is 4. The minimum Gasteiger partial charge on any atom is -0.497 e. The number of amides is 2. The van der Waals surface area contributed by atoms with Gasteiger partial charge in [0.2, 0.25) is 6.41 Å². The van der Waals surface area contributed by atoms with Crippen molar-refractivity contribution >= 4 is 18.2 Å². The number of ether oxygens (including phenoxy) is 2. The minimum atomic E-state index is -0.570. The van der Waals surface area contributed by atoms with Crippen LogP contribution in [-0.4, -0.2) is 19.6 Å². The fraction of sp³-hybridized carbons (Fsp3) is 0.125. The second-order valence-corrected chi connectivity index (χ2v) is 4.38. The molecule has 0 aromatic heterocycles. The first-order chi connectivity index (χ1) is 10.7. The highest BCUT2D eigenvalue weighted by Gasteiger charge is 2.05. The maximum Gasteiger partial charge on any atom is 0.412 e. The summed E-state index contributed by atoms with van der Waals surface area (Å²) in [5, 5.41) is 5.13. The van der Waals surface area contributed by atoms with E-state index in [2.05, 4.69) is 10.6 Å². The van der Waals surface area contributed by atoms with E-state index in [0.717, 1.165) is 11.3 Å². The maximum absolute atomic E-state index is 11.7. The van der Waals surface area contributed by atoms with Crippen LogP contribution in [0.25, 0.3) is 0 Å². The Balaban J connectivity index is 1.86. The molecule has 2 aromatic carbocycles. The highest BCUT2D eigenvalue weighted by atomic mass is 16.6. The SMILES string of the molecule is COc1ccc(CNC(=O)Oc2cccc(NC=O)c2)cc1. The van der Waals surface area contributed by atoms with Crippen LogP contribution in [-0.2, 0) is 11.3 Å². The lowest BCUT2D eigenvalue weighted by Gasteiger charge is -2.08. The van der Waals surface area contributed by atoms with Gasteiger partial charge < -0.3 is 20.1 Å². The van der Waals surface area contributed by atoms with Crippen molar-refractivity contribution < 1.29 is 19.1 Å². The molecule has 0 atom stereocenters. The summed E-state index contributed by atoms with van der Waals surface area (Å²) in [5.41, 5.74) is 1.48. The molecule has 6 heteroatoms. The van der Waals surface area contributed by atoms with Crippen LogP contribution in [0, 0.1) is 0 Å². The lowest BCUT2D eigenvalue weighted by atomic mass is 10.2. The van der Waals surface area contributed by atoms with E-state index in [4.69, 9.17) is 9.47 Å². The quantitative estimate of drug-likeness (QED) is 0.804. The van der Waals surface area contributed by atoms with Crippen LogP contribution in [0.4, 0.5) is 10.5 Å². The number of hydrogen-bond donors (Lipinski definition) is 2. The zero-order valence-electron chi connectivity index (χ0n) is 12.0. The second kappa shape index (κ2) is 7.68. The van der Waals surface area contributed by atoms with Gasteiger partial charge in [-0.3, -0.25) is 4.79 Å². The summed E-state index contributed by atoms with van der Waals surface area (Å²) in [6.07, 6.45) is -0.0119. The van der Waals surface area contributed by atoms with Crippen molar-refractivity contribution in [2.24, 2.45) is 0 Å². The van der Waals surface area contributed by atoms with Gasteiger partial charge in [0.1, 0.15) is 11.5 Å². The molecule has 6 nitrogen and oxygen atoms in total. The summed E-state index contributed by atoms with van der Waals surface area (Å²) < 4.78 is 10.2. The van der Waals surface area contributed by atoms with Crippen LogP contribution >= 0.6 is 0 Å². The number of carbonyl (C=O) groups excluding carboxylic acids is 2. The molecule has 0 spiro atoms. The van der Waals surface area contributed by atoms with Gasteiger partial charge in [-0.2, -0.15) is 0 Å². The van der Waals surface area contributed by atoms with E-state index in [-0.39, 0.29) is 0 Å². The largest absolute Gasteiger partial charge is 0.497 e. The third-order valence-corrected chi connectivity index (χ3v) is 2.87. The summed E-state index contributed by atoms with van der Waals surface area (Å²) in [5.74, 6) is 1.10. The van der Waals surface area contributed by atoms with Gasteiger partial charge in [-0.1, -0.05) is 18.2 Å². The third kappa shape index (κ3) is 4.52. The summed E-state index contributed by atoms with van der Waals surface area (Å²) in [4.78, 5) is 22.1. The van der Waals surface area contributed by atoms with Gasteiger partial charge in [0, 0.05) is 18.3 Å². The van der Waals surface area contributed by atoms with Crippen molar-refractivity contribution in [3.8, 4) is 11.5 Å². The number of carbonyl (C=O) groups is 2. The first kappa shape index (κ1) is 15.4. The molecule has 0 saturated heterocycles. The Bertz CT molecular complexity index is 641. The maximum atomic E-state index is 11.7. The van der Waals surface area contributed by atoms with Crippen molar-refractivity contribution in [3.63, 3.8) is 0 Å². The number of nitrogens with one attached hydrogen (secondary N) is 2. The van der Waals surface area contributed by atoms with Crippen LogP contribution in [0.15, 0.2) is 48.5 Å². The van der Waals surface area contributed by atoms with Crippen LogP contribution in [0.2, 0.25) is 0 Å². The fourth-order valence-corrected chi connectivity index (χ4v) is 1.78. The van der Waals surface area contributed by atoms with Gasteiger partial charge in [-0.25, -0.2) is 4.79 Å². The molecule has 114 valence electrons. The van der Waals surface area contributed by atoms with Gasteiger partial charge in [0.05, 0.1) is 7.11 Å². The Morgan fingerprint density at radius 2 is 1.91 bits per heavy atom. The number of methoxy groups -OCH3 is 1. The summed E-state index contributed by atoms with van der Waals surface area (Å²) in [6, 6.07) is 13.9. The van der Waals surface area contributed by atoms with E-state index in [1.807, 2.05) is 24.3 Å². The molecule has 2 aromatic rings. The Hall–Kier alpha value is -3.02. The molecule has 0 aliphatic rings. The van der Waals surface area contributed by atoms with Gasteiger partial charge in [-0.05, 0) is 29.8 Å². The van der Waals surface area contributed by atoms with Gasteiger partial charge in [0.25, 0.3) is 0 Å². The van der Waals surface area contributed by atoms with Gasteiger partial charge >= 0.3 is 6.09 Å². The van der Waals surface area contributed by atoms with Crippen molar-refractivity contribution in [1.29, 1.82) is 0 Å². The molecule has 0 bridgehead atoms. The summed E-state index contributed by atoms with van der Waals surface area (Å²) >= 11 is 0. The molecular formula is C16H16N2O4. The average molecular weight is 300 g/mol. The molecule has 22 heavy (non-hydrogen) atoms. The zero-order chi connectivity index (χ0) is 15.8. The highest BCUT2D eigenvalue weighted by molar-refractivity contribution is 5.74. The summed E-state index contributed by atoms with van der Waals surface area (Å²) in [7, 11) is 1.60. The smallest absolute Gasteiger partial charge is 0.412 e. The molecule has 0 saturated carbocycles. The van der Waals surface area contributed by atoms with E-state index < -0.39 is 6.09 Å². The van der Waals surface area contributed by atoms with Crippen LogP contribution in [0.3, 0.4) is 0 Å². The molecule has 2 amide bonds. The van der Waals surface area contributed by atoms with Crippen molar-refractivity contribution in [1.82, 2.24) is 5.32 Å². The normalized spacial score (nSPS) is 9.68. The van der Waals surface area contributed by atoms with Crippen molar-refractivity contribution in [3.05, 3.63) is 54.1 Å². The van der Waals surface area contributed by atoms with Crippen LogP contribution < -0.4 is 20.1 Å². The third-order valence-electron chi connectivity index (χ3n) is 2.87. The molecule has 0 radical (unpaired) electrons. The molecular weight excluding hydrogens is 284 g/mol. The van der Waals surface area contributed by atoms with E-state index in [1.54, 1.807) is 31.4 Å². The number of benzene rings is 2. The van der Waals surface area contributed by atoms with Crippen LogP contribution in [0.1, 0.15) is 5.56 Å². The average Bonchev–Trinajstić information content (AvgIpc) is 2.54. The molecule has 2 N–H and O–H groups in total. The van der Waals surface area contributed by atoms with E-state index in [0.29, 0.717) is 24.4 Å². The molecule has 0 unspecified atom stereocenters. The van der Waals surface area contributed by atoms with E-state index in [9.17, 15) is 9.59 Å². The Morgan fingerprint density at radius 3 is 2.59 bits per heavy atom. The second-order valence-electron chi connectivity index (χ2n) is 4.38. The molecule has 2 rings (SSSR count). The predicted molar refractivity (Wildman–Crippen MR) is 82.0 cm³/mol. The lowest BCUT2D eigenvalue weighted by Crippen LogP contribution is -2.26. The first-order valence-electron chi connectivity index (χ1n) is 6.60. The Morgan fingerprint density at radius 1 is 1.14 bits per heavy atom. The molecule has 0 fully saturated rings. The van der Waals surface area contributed by atoms with Gasteiger partial charge in [-0.15, -0.1) is 0 Å². The molecule has 0 aliphatic heterocycles.